The van der Waals surface area contributed by atoms with E-state index in [9.17, 15) is 4.79 Å². The number of aromatic nitrogens is 4. The van der Waals surface area contributed by atoms with Crippen molar-refractivity contribution in [3.63, 3.8) is 0 Å². The molecule has 2 N–H and O–H groups in total. The molecule has 1 saturated heterocycles. The number of carbonyl (C=O) groups is 1. The van der Waals surface area contributed by atoms with Crippen LogP contribution in [0.5, 0.6) is 0 Å². The van der Waals surface area contributed by atoms with Gasteiger partial charge in [-0.2, -0.15) is 5.10 Å². The smallest absolute Gasteiger partial charge is 0.319 e. The van der Waals surface area contributed by atoms with Crippen molar-refractivity contribution in [1.29, 1.82) is 0 Å². The molecular weight excluding hydrogens is 362 g/mol. The zero-order chi connectivity index (χ0) is 18.5. The number of carbonyl (C=O) groups excluding carboxylic acids is 1. The van der Waals surface area contributed by atoms with E-state index < -0.39 is 0 Å². The fourth-order valence-corrected chi connectivity index (χ4v) is 4.09. The molecule has 8 nitrogen and oxygen atoms in total. The van der Waals surface area contributed by atoms with E-state index >= 15 is 0 Å². The molecule has 1 fully saturated rings. The van der Waals surface area contributed by atoms with Gasteiger partial charge in [-0.15, -0.1) is 11.3 Å². The van der Waals surface area contributed by atoms with Gasteiger partial charge in [0, 0.05) is 11.4 Å². The van der Waals surface area contributed by atoms with Crippen molar-refractivity contribution in [1.82, 2.24) is 30.0 Å². The highest BCUT2D eigenvalue weighted by Crippen LogP contribution is 2.27. The number of nitrogens with one attached hydrogen (secondary N) is 2. The van der Waals surface area contributed by atoms with Gasteiger partial charge >= 0.3 is 6.03 Å². The number of hydrogen-bond donors (Lipinski definition) is 2. The summed E-state index contributed by atoms with van der Waals surface area (Å²) in [5.41, 5.74) is 0.630. The van der Waals surface area contributed by atoms with Crippen LogP contribution >= 0.6 is 11.3 Å². The number of likely N-dealkylation sites (tertiary alicyclic amines) is 1. The minimum Gasteiger partial charge on any atom is -0.336 e. The molecule has 4 rings (SSSR count). The second-order valence-corrected chi connectivity index (χ2v) is 7.33. The molecule has 1 aliphatic heterocycles. The Morgan fingerprint density at radius 1 is 1.26 bits per heavy atom. The average molecular weight is 383 g/mol. The zero-order valence-electron chi connectivity index (χ0n) is 14.8. The normalized spacial score (nSPS) is 15.6. The number of pyridine rings is 1. The summed E-state index contributed by atoms with van der Waals surface area (Å²) < 4.78 is 1.56. The van der Waals surface area contributed by atoms with Crippen LogP contribution in [0.2, 0.25) is 0 Å². The van der Waals surface area contributed by atoms with Gasteiger partial charge in [-0.25, -0.2) is 19.4 Å². The number of rotatable bonds is 6. The molecule has 0 aliphatic carbocycles. The minimum absolute atomic E-state index is 0.228. The number of amides is 2. The first-order valence-corrected chi connectivity index (χ1v) is 9.81. The lowest BCUT2D eigenvalue weighted by Gasteiger charge is -2.26. The third-order valence-electron chi connectivity index (χ3n) is 4.57. The van der Waals surface area contributed by atoms with Crippen LogP contribution in [0.3, 0.4) is 0 Å². The maximum atomic E-state index is 12.3. The molecule has 1 unspecified atom stereocenters. The van der Waals surface area contributed by atoms with E-state index in [0.717, 1.165) is 13.1 Å². The van der Waals surface area contributed by atoms with Crippen LogP contribution < -0.4 is 10.6 Å². The van der Waals surface area contributed by atoms with Gasteiger partial charge in [0.2, 0.25) is 0 Å². The van der Waals surface area contributed by atoms with Gasteiger partial charge in [0.1, 0.15) is 12.7 Å². The molecule has 9 heteroatoms. The summed E-state index contributed by atoms with van der Waals surface area (Å²) in [5.74, 6) is 0.644. The SMILES string of the molecule is O=C(NCC(c1cccs1)N1CCCC1)Nc1ccc(-n2cncn2)nc1. The second-order valence-electron chi connectivity index (χ2n) is 6.35. The quantitative estimate of drug-likeness (QED) is 0.683. The van der Waals surface area contributed by atoms with Crippen LogP contribution in [0.1, 0.15) is 23.8 Å². The van der Waals surface area contributed by atoms with Gasteiger partial charge in [0.15, 0.2) is 5.82 Å². The number of anilines is 1. The van der Waals surface area contributed by atoms with E-state index in [0.29, 0.717) is 18.1 Å². The number of nitrogens with zero attached hydrogens (tertiary/aromatic N) is 5. The summed E-state index contributed by atoms with van der Waals surface area (Å²) >= 11 is 1.74. The van der Waals surface area contributed by atoms with Gasteiger partial charge < -0.3 is 10.6 Å². The fourth-order valence-electron chi connectivity index (χ4n) is 3.23. The highest BCUT2D eigenvalue weighted by atomic mass is 32.1. The average Bonchev–Trinajstić information content (AvgIpc) is 3.45. The Labute approximate surface area is 161 Å². The maximum absolute atomic E-state index is 12.3. The molecule has 0 spiro atoms. The molecule has 1 aliphatic rings. The molecule has 0 aromatic carbocycles. The summed E-state index contributed by atoms with van der Waals surface area (Å²) in [7, 11) is 0. The summed E-state index contributed by atoms with van der Waals surface area (Å²) in [5, 5.41) is 11.9. The standard InChI is InChI=1S/C18H21N7OS/c26-18(23-14-5-6-17(20-10-14)25-13-19-12-22-25)21-11-15(16-4-3-9-27-16)24-7-1-2-8-24/h3-6,9-10,12-13,15H,1-2,7-8,11H2,(H2,21,23,26). The Kier molecular flexibility index (Phi) is 5.40. The molecule has 0 saturated carbocycles. The number of urea groups is 1. The summed E-state index contributed by atoms with van der Waals surface area (Å²) in [4.78, 5) is 24.2. The summed E-state index contributed by atoms with van der Waals surface area (Å²) in [6.45, 7) is 2.75. The molecular formula is C18H21N7OS. The van der Waals surface area contributed by atoms with Crippen LogP contribution in [0.15, 0.2) is 48.5 Å². The van der Waals surface area contributed by atoms with Crippen molar-refractivity contribution in [3.8, 4) is 5.82 Å². The van der Waals surface area contributed by atoms with Gasteiger partial charge in [0.25, 0.3) is 0 Å². The lowest BCUT2D eigenvalue weighted by atomic mass is 10.2. The summed E-state index contributed by atoms with van der Waals surface area (Å²) in [6, 6.07) is 7.77. The Bertz CT molecular complexity index is 842. The van der Waals surface area contributed by atoms with Crippen LogP contribution in [-0.4, -0.2) is 50.3 Å². The molecule has 2 amide bonds. The molecule has 3 aromatic heterocycles. The Hall–Kier alpha value is -2.78. The third-order valence-corrected chi connectivity index (χ3v) is 5.54. The Morgan fingerprint density at radius 2 is 2.15 bits per heavy atom. The first-order chi connectivity index (χ1) is 13.3. The van der Waals surface area contributed by atoms with E-state index in [4.69, 9.17) is 0 Å². The minimum atomic E-state index is -0.231. The van der Waals surface area contributed by atoms with Crippen LogP contribution in [-0.2, 0) is 0 Å². The highest BCUT2D eigenvalue weighted by molar-refractivity contribution is 7.10. The molecule has 3 aromatic rings. The van der Waals surface area contributed by atoms with E-state index in [1.165, 1.54) is 24.0 Å². The van der Waals surface area contributed by atoms with Crippen molar-refractivity contribution in [2.45, 2.75) is 18.9 Å². The predicted molar refractivity (Wildman–Crippen MR) is 104 cm³/mol. The van der Waals surface area contributed by atoms with Crippen molar-refractivity contribution < 1.29 is 4.79 Å². The van der Waals surface area contributed by atoms with Crippen molar-refractivity contribution >= 4 is 23.1 Å². The molecule has 27 heavy (non-hydrogen) atoms. The van der Waals surface area contributed by atoms with Gasteiger partial charge in [0.05, 0.1) is 17.9 Å². The number of hydrogen-bond acceptors (Lipinski definition) is 6. The lowest BCUT2D eigenvalue weighted by Crippen LogP contribution is -2.38. The van der Waals surface area contributed by atoms with Gasteiger partial charge in [-0.05, 0) is 49.5 Å². The van der Waals surface area contributed by atoms with Crippen molar-refractivity contribution in [2.24, 2.45) is 0 Å². The lowest BCUT2D eigenvalue weighted by molar-refractivity contribution is 0.229. The third kappa shape index (κ3) is 4.32. The molecule has 0 radical (unpaired) electrons. The van der Waals surface area contributed by atoms with Gasteiger partial charge in [-0.1, -0.05) is 6.07 Å². The molecule has 4 heterocycles. The highest BCUT2D eigenvalue weighted by Gasteiger charge is 2.24. The van der Waals surface area contributed by atoms with E-state index in [1.54, 1.807) is 40.7 Å². The van der Waals surface area contributed by atoms with Crippen LogP contribution in [0.25, 0.3) is 5.82 Å². The van der Waals surface area contributed by atoms with Gasteiger partial charge in [-0.3, -0.25) is 4.90 Å². The first kappa shape index (κ1) is 17.6. The van der Waals surface area contributed by atoms with E-state index in [2.05, 4.69) is 48.1 Å². The van der Waals surface area contributed by atoms with Crippen LogP contribution in [0, 0.1) is 0 Å². The predicted octanol–water partition coefficient (Wildman–Crippen LogP) is 2.68. The van der Waals surface area contributed by atoms with Crippen molar-refractivity contribution in [3.05, 3.63) is 53.4 Å². The molecule has 140 valence electrons. The Morgan fingerprint density at radius 3 is 2.81 bits per heavy atom. The Balaban J connectivity index is 1.34. The molecule has 0 bridgehead atoms. The monoisotopic (exact) mass is 383 g/mol. The maximum Gasteiger partial charge on any atom is 0.319 e. The fraction of sp³-hybridized carbons (Fsp3) is 0.333. The first-order valence-electron chi connectivity index (χ1n) is 8.93. The largest absolute Gasteiger partial charge is 0.336 e. The van der Waals surface area contributed by atoms with Crippen LogP contribution in [0.4, 0.5) is 10.5 Å². The number of thiophene rings is 1. The summed E-state index contributed by atoms with van der Waals surface area (Å²) in [6.07, 6.45) is 7.07. The van der Waals surface area contributed by atoms with E-state index in [-0.39, 0.29) is 12.1 Å². The topological polar surface area (TPSA) is 88.0 Å². The second kappa shape index (κ2) is 8.28. The zero-order valence-corrected chi connectivity index (χ0v) is 15.6. The van der Waals surface area contributed by atoms with E-state index in [1.807, 2.05) is 0 Å². The molecule has 1 atom stereocenters. The van der Waals surface area contributed by atoms with Crippen molar-refractivity contribution in [2.75, 3.05) is 25.0 Å².